The molecule has 1 N–H and O–H groups in total. The van der Waals surface area contributed by atoms with Crippen molar-refractivity contribution in [2.75, 3.05) is 47.5 Å². The normalized spacial score (nSPS) is 14.0. The van der Waals surface area contributed by atoms with Crippen LogP contribution in [0, 0.1) is 0 Å². The fourth-order valence-corrected chi connectivity index (χ4v) is 6.94. The molecule has 0 aliphatic carbocycles. The molecule has 0 aliphatic rings. The molecule has 0 bridgehead atoms. The number of rotatable bonds is 50. The number of hydrogen-bond donors (Lipinski definition) is 1. The lowest BCUT2D eigenvalue weighted by molar-refractivity contribution is -0.870. The lowest BCUT2D eigenvalue weighted by atomic mass is 10.1. The number of esters is 2. The van der Waals surface area contributed by atoms with Gasteiger partial charge in [-0.1, -0.05) is 204 Å². The van der Waals surface area contributed by atoms with Crippen LogP contribution in [0.1, 0.15) is 181 Å². The number of hydrogen-bond acceptors (Lipinski definition) is 7. The van der Waals surface area contributed by atoms with Crippen LogP contribution in [-0.2, 0) is 33.3 Å². The summed E-state index contributed by atoms with van der Waals surface area (Å²) in [7, 11) is 5.93. The SMILES string of the molecule is CC/C=C\C/C=C\C/C=C\C/C=C\C/C=C\C/C=C\C/C=C\CCCCCCCC(=O)OC(COC(=O)CCCCCC/C=C\C/C=C\C/C=C\C/C=C\C/C=C\C/C=C\CC)COC(OCC[N+](C)(C)C)C(=O)O. The molecule has 0 saturated carbocycles. The first-order chi connectivity index (χ1) is 36.6. The molecule has 2 unspecified atom stereocenters. The quantitative estimate of drug-likeness (QED) is 0.0211. The van der Waals surface area contributed by atoms with E-state index in [0.29, 0.717) is 23.9 Å². The number of nitrogens with zero attached hydrogens (tertiary/aromatic N) is 1. The topological polar surface area (TPSA) is 108 Å². The fourth-order valence-electron chi connectivity index (χ4n) is 6.94. The van der Waals surface area contributed by atoms with Crippen molar-refractivity contribution in [1.29, 1.82) is 0 Å². The van der Waals surface area contributed by atoms with Crippen molar-refractivity contribution in [2.45, 2.75) is 193 Å². The van der Waals surface area contributed by atoms with E-state index in [0.717, 1.165) is 141 Å². The standard InChI is InChI=1S/C66H103NO8/c1-6-8-10-12-14-16-18-20-22-24-26-28-30-31-32-33-35-37-39-41-43-45-47-49-51-53-55-57-64(69)75-62(61-74-66(65(70)71)72-59-58-67(3,4)5)60-73-63(68)56-54-52-50-48-46-44-42-40-38-36-34-29-27-25-23-21-19-17-15-13-11-9-7-2/h8-11,14-17,20-23,26-29,31-32,35-38,41-44,62,66H,6-7,12-13,18-19,24-25,30,33-34,39-40,45-61H2,1-5H3/p+1/b10-8-,11-9-,16-14-,17-15-,22-20-,23-21-,28-26-,29-27-,32-31-,37-35-,38-36-,43-41-,44-42-. The van der Waals surface area contributed by atoms with Gasteiger partial charge in [0.15, 0.2) is 6.10 Å². The van der Waals surface area contributed by atoms with Crippen LogP contribution in [0.3, 0.4) is 0 Å². The molecule has 2 atom stereocenters. The summed E-state index contributed by atoms with van der Waals surface area (Å²) >= 11 is 0. The Morgan fingerprint density at radius 3 is 1.07 bits per heavy atom. The van der Waals surface area contributed by atoms with Crippen molar-refractivity contribution in [3.8, 4) is 0 Å². The van der Waals surface area contributed by atoms with Gasteiger partial charge in [0.1, 0.15) is 13.2 Å². The summed E-state index contributed by atoms with van der Waals surface area (Å²) in [6.07, 6.45) is 78.8. The van der Waals surface area contributed by atoms with E-state index in [1.807, 2.05) is 21.1 Å². The number of carbonyl (C=O) groups is 3. The molecule has 0 aliphatic heterocycles. The van der Waals surface area contributed by atoms with Gasteiger partial charge in [0.25, 0.3) is 6.29 Å². The average Bonchev–Trinajstić information content (AvgIpc) is 3.38. The number of unbranched alkanes of at least 4 members (excludes halogenated alkanes) is 9. The summed E-state index contributed by atoms with van der Waals surface area (Å²) in [5, 5.41) is 9.70. The zero-order chi connectivity index (χ0) is 54.8. The number of carboxylic acids is 1. The number of carboxylic acid groups (broad SMARTS) is 1. The summed E-state index contributed by atoms with van der Waals surface area (Å²) in [6.45, 7) is 4.56. The molecule has 0 fully saturated rings. The third kappa shape index (κ3) is 56.5. The van der Waals surface area contributed by atoms with Gasteiger partial charge in [-0.05, 0) is 122 Å². The third-order valence-corrected chi connectivity index (χ3v) is 11.3. The minimum atomic E-state index is -1.53. The number of allylic oxidation sites excluding steroid dienone is 26. The molecule has 0 spiro atoms. The maximum atomic E-state index is 12.9. The summed E-state index contributed by atoms with van der Waals surface area (Å²) in [4.78, 5) is 37.4. The third-order valence-electron chi connectivity index (χ3n) is 11.3. The first-order valence-corrected chi connectivity index (χ1v) is 28.6. The lowest BCUT2D eigenvalue weighted by Gasteiger charge is -2.25. The second kappa shape index (κ2) is 55.2. The molecule has 9 nitrogen and oxygen atoms in total. The van der Waals surface area contributed by atoms with Crippen molar-refractivity contribution in [1.82, 2.24) is 0 Å². The molecule has 0 aromatic carbocycles. The van der Waals surface area contributed by atoms with E-state index >= 15 is 0 Å². The molecule has 0 radical (unpaired) electrons. The molecule has 0 aromatic rings. The molecule has 420 valence electrons. The van der Waals surface area contributed by atoms with E-state index in [-0.39, 0.29) is 38.6 Å². The monoisotopic (exact) mass is 1040 g/mol. The maximum absolute atomic E-state index is 12.9. The second-order valence-electron chi connectivity index (χ2n) is 19.5. The Bertz CT molecular complexity index is 1780. The van der Waals surface area contributed by atoms with Crippen molar-refractivity contribution >= 4 is 17.9 Å². The zero-order valence-corrected chi connectivity index (χ0v) is 47.6. The largest absolute Gasteiger partial charge is 0.477 e. The van der Waals surface area contributed by atoms with E-state index < -0.39 is 24.3 Å². The minimum absolute atomic E-state index is 0.169. The number of quaternary nitrogens is 1. The van der Waals surface area contributed by atoms with E-state index in [2.05, 4.69) is 172 Å². The molecular weight excluding hydrogens is 935 g/mol. The van der Waals surface area contributed by atoms with Gasteiger partial charge in [0.05, 0.1) is 34.4 Å². The Kier molecular flexibility index (Phi) is 51.4. The Morgan fingerprint density at radius 2 is 0.720 bits per heavy atom. The molecule has 75 heavy (non-hydrogen) atoms. The molecule has 0 aromatic heterocycles. The van der Waals surface area contributed by atoms with Crippen LogP contribution in [0.4, 0.5) is 0 Å². The predicted octanol–water partition coefficient (Wildman–Crippen LogP) is 17.0. The molecule has 0 heterocycles. The van der Waals surface area contributed by atoms with E-state index in [9.17, 15) is 19.5 Å². The summed E-state index contributed by atoms with van der Waals surface area (Å²) < 4.78 is 22.8. The lowest BCUT2D eigenvalue weighted by Crippen LogP contribution is -2.40. The van der Waals surface area contributed by atoms with Gasteiger partial charge in [0.2, 0.25) is 0 Å². The van der Waals surface area contributed by atoms with E-state index in [1.165, 1.54) is 0 Å². The highest BCUT2D eigenvalue weighted by atomic mass is 16.7. The smallest absolute Gasteiger partial charge is 0.361 e. The van der Waals surface area contributed by atoms with Crippen LogP contribution in [0.5, 0.6) is 0 Å². The van der Waals surface area contributed by atoms with Crippen LogP contribution in [0.25, 0.3) is 0 Å². The number of ether oxygens (including phenoxy) is 4. The second-order valence-corrected chi connectivity index (χ2v) is 19.5. The van der Waals surface area contributed by atoms with Crippen LogP contribution < -0.4 is 0 Å². The van der Waals surface area contributed by atoms with E-state index in [1.54, 1.807) is 0 Å². The zero-order valence-electron chi connectivity index (χ0n) is 47.6. The molecule has 9 heteroatoms. The first-order valence-electron chi connectivity index (χ1n) is 28.6. The predicted molar refractivity (Wildman–Crippen MR) is 317 cm³/mol. The van der Waals surface area contributed by atoms with Crippen LogP contribution >= 0.6 is 0 Å². The Morgan fingerprint density at radius 1 is 0.400 bits per heavy atom. The van der Waals surface area contributed by atoms with Gasteiger partial charge in [-0.3, -0.25) is 9.59 Å². The van der Waals surface area contributed by atoms with Crippen molar-refractivity contribution in [3.63, 3.8) is 0 Å². The van der Waals surface area contributed by atoms with Gasteiger partial charge in [-0.2, -0.15) is 0 Å². The fraction of sp³-hybridized carbons (Fsp3) is 0.561. The van der Waals surface area contributed by atoms with Gasteiger partial charge in [0, 0.05) is 12.8 Å². The molecular formula is C66H104NO8+. The molecule has 0 saturated heterocycles. The van der Waals surface area contributed by atoms with Gasteiger partial charge in [-0.15, -0.1) is 0 Å². The van der Waals surface area contributed by atoms with Gasteiger partial charge < -0.3 is 28.5 Å². The summed E-state index contributed by atoms with van der Waals surface area (Å²) in [5.41, 5.74) is 0. The minimum Gasteiger partial charge on any atom is -0.477 e. The Labute approximate surface area is 457 Å². The average molecular weight is 1040 g/mol. The van der Waals surface area contributed by atoms with Crippen LogP contribution in [-0.4, -0.2) is 87.4 Å². The Hall–Kier alpha value is -5.09. The maximum Gasteiger partial charge on any atom is 0.361 e. The van der Waals surface area contributed by atoms with Crippen molar-refractivity contribution < 1.29 is 42.9 Å². The highest BCUT2D eigenvalue weighted by Crippen LogP contribution is 2.12. The van der Waals surface area contributed by atoms with Crippen LogP contribution in [0.15, 0.2) is 158 Å². The number of likely N-dealkylation sites (N-methyl/N-ethyl adjacent to an activating group) is 1. The van der Waals surface area contributed by atoms with E-state index in [4.69, 9.17) is 18.9 Å². The Balaban J connectivity index is 4.42. The molecule has 0 rings (SSSR count). The van der Waals surface area contributed by atoms with Crippen LogP contribution in [0.2, 0.25) is 0 Å². The van der Waals surface area contributed by atoms with Gasteiger partial charge in [-0.25, -0.2) is 4.79 Å². The van der Waals surface area contributed by atoms with Crippen molar-refractivity contribution in [3.05, 3.63) is 158 Å². The first kappa shape index (κ1) is 69.9. The number of carbonyl (C=O) groups excluding carboxylic acids is 2. The van der Waals surface area contributed by atoms with Gasteiger partial charge >= 0.3 is 17.9 Å². The summed E-state index contributed by atoms with van der Waals surface area (Å²) in [6, 6.07) is 0. The molecule has 0 amide bonds. The van der Waals surface area contributed by atoms with Crippen molar-refractivity contribution in [2.24, 2.45) is 0 Å². The summed E-state index contributed by atoms with van der Waals surface area (Å²) in [5.74, 6) is -2.09. The highest BCUT2D eigenvalue weighted by molar-refractivity contribution is 5.71. The number of aliphatic carboxylic acids is 1. The highest BCUT2D eigenvalue weighted by Gasteiger charge is 2.25.